The lowest BCUT2D eigenvalue weighted by molar-refractivity contribution is 0.0623. The Morgan fingerprint density at radius 1 is 0.432 bits per heavy atom. The van der Waals surface area contributed by atoms with Gasteiger partial charge in [0.15, 0.2) is 11.6 Å². The average Bonchev–Trinajstić information content (AvgIpc) is 1.79. The van der Waals surface area contributed by atoms with Gasteiger partial charge in [-0.1, -0.05) is 0 Å². The van der Waals surface area contributed by atoms with Gasteiger partial charge in [0.05, 0.1) is 49.9 Å². The van der Waals surface area contributed by atoms with Crippen LogP contribution in [0.1, 0.15) is 114 Å². The van der Waals surface area contributed by atoms with E-state index in [0.717, 1.165) is 75.5 Å². The van der Waals surface area contributed by atoms with Gasteiger partial charge in [0.1, 0.15) is 0 Å². The van der Waals surface area contributed by atoms with E-state index in [4.69, 9.17) is 39.4 Å². The van der Waals surface area contributed by atoms with Gasteiger partial charge in [-0.2, -0.15) is 39.9 Å². The SMILES string of the molecule is CC1COCCN1c1nc(-c2ccc(NC(=O)N(c3ccc(C(=O)N4CCN(CC5CC5)CC4)cc3)N(C(=O)Nc3ccc(-c4nc(N5CCOCC5C)nc(N5C(C)CCC5C)n4)cc3)c3ccc(C(=O)N4CCN(C5CC5)CC4)cc3)cc2)nc(N2C(C)CCC2C)n1. The van der Waals surface area contributed by atoms with Crippen LogP contribution in [0.4, 0.5) is 56.1 Å². The topological polar surface area (TPSA) is 221 Å². The lowest BCUT2D eigenvalue weighted by atomic mass is 10.1. The molecule has 6 atom stereocenters. The molecule has 95 heavy (non-hydrogen) atoms. The fraction of sp³-hybridized carbons (Fsp3) is 0.521. The highest BCUT2D eigenvalue weighted by Gasteiger charge is 2.38. The summed E-state index contributed by atoms with van der Waals surface area (Å²) in [7, 11) is 0. The molecular weight excluding hydrogens is 1200 g/mol. The molecule has 14 rings (SSSR count). The molecule has 4 aromatic carbocycles. The second-order valence-electron chi connectivity index (χ2n) is 27.4. The summed E-state index contributed by atoms with van der Waals surface area (Å²) in [6.45, 7) is 23.4. The minimum absolute atomic E-state index is 0.0588. The van der Waals surface area contributed by atoms with E-state index in [2.05, 4.69) is 81.6 Å². The lowest BCUT2D eigenvalue weighted by Gasteiger charge is -2.36. The minimum Gasteiger partial charge on any atom is -0.377 e. The number of carbonyl (C=O) groups is 4. The minimum atomic E-state index is -0.691. The van der Waals surface area contributed by atoms with Crippen molar-refractivity contribution in [1.82, 2.24) is 49.5 Å². The van der Waals surface area contributed by atoms with Crippen LogP contribution in [0.25, 0.3) is 22.8 Å². The Morgan fingerprint density at radius 2 is 0.821 bits per heavy atom. The molecule has 6 aromatic rings. The molecule has 500 valence electrons. The summed E-state index contributed by atoms with van der Waals surface area (Å²) in [6, 6.07) is 28.6. The zero-order valence-electron chi connectivity index (χ0n) is 55.7. The molecule has 6 saturated heterocycles. The predicted octanol–water partition coefficient (Wildman–Crippen LogP) is 9.38. The number of anilines is 8. The first-order valence-electron chi connectivity index (χ1n) is 34.6. The van der Waals surface area contributed by atoms with E-state index in [1.54, 1.807) is 72.8 Å². The van der Waals surface area contributed by atoms with Crippen LogP contribution in [0.3, 0.4) is 0 Å². The third kappa shape index (κ3) is 14.1. The van der Waals surface area contributed by atoms with Crippen molar-refractivity contribution >= 4 is 70.4 Å². The standard InChI is InChI=1S/C71H90N18O6/c1-46-7-8-47(2)86(46)68-76-62(74-66(78-68)84-39-41-94-44-50(84)5)53-13-21-57(22-14-53)72-70(92)88(60-25-17-55(18-26-60)64(90)82-33-31-80(32-34-82)43-52-11-12-52)89(61-27-19-56(20-28-61)65(91)83-37-35-81(36-38-83)59-29-30-59)71(93)73-58-23-15-54(16-24-58)63-75-67(85-40-42-95-45-51(85)6)79-69(77-63)87-48(3)9-10-49(87)4/h13-28,46-52,59H,7-12,29-45H2,1-6H3,(H,72,92)(H,73,93). The fourth-order valence-corrected chi connectivity index (χ4v) is 14.5. The van der Waals surface area contributed by atoms with Gasteiger partial charge in [0.2, 0.25) is 23.8 Å². The number of hydrogen-bond donors (Lipinski definition) is 2. The van der Waals surface area contributed by atoms with Crippen molar-refractivity contribution < 1.29 is 28.7 Å². The lowest BCUT2D eigenvalue weighted by Crippen LogP contribution is -2.54. The summed E-state index contributed by atoms with van der Waals surface area (Å²) in [5, 5.41) is 8.76. The van der Waals surface area contributed by atoms with Crippen LogP contribution in [-0.4, -0.2) is 214 Å². The van der Waals surface area contributed by atoms with Crippen LogP contribution in [0.15, 0.2) is 97.1 Å². The number of ether oxygens (including phenoxy) is 2. The zero-order chi connectivity index (χ0) is 65.4. The smallest absolute Gasteiger partial charge is 0.345 e. The number of amides is 6. The van der Waals surface area contributed by atoms with E-state index >= 15 is 9.59 Å². The maximum absolute atomic E-state index is 15.7. The Balaban J connectivity index is 0.796. The maximum atomic E-state index is 15.7. The van der Waals surface area contributed by atoms with Crippen LogP contribution in [-0.2, 0) is 9.47 Å². The zero-order valence-corrected chi connectivity index (χ0v) is 55.7. The van der Waals surface area contributed by atoms with Gasteiger partial charge in [-0.3, -0.25) is 19.4 Å². The van der Waals surface area contributed by atoms with E-state index in [-0.39, 0.29) is 59.4 Å². The number of rotatable bonds is 15. The number of piperazine rings is 2. The molecular formula is C71H90N18O6. The second kappa shape index (κ2) is 27.6. The summed E-state index contributed by atoms with van der Waals surface area (Å²) >= 11 is 0. The average molecular weight is 1290 g/mol. The molecule has 2 N–H and O–H groups in total. The molecule has 24 nitrogen and oxygen atoms in total. The van der Waals surface area contributed by atoms with Crippen molar-refractivity contribution in [2.45, 2.75) is 135 Å². The Morgan fingerprint density at radius 3 is 1.20 bits per heavy atom. The largest absolute Gasteiger partial charge is 0.377 e. The quantitative estimate of drug-likeness (QED) is 0.0914. The molecule has 2 aliphatic carbocycles. The highest BCUT2D eigenvalue weighted by atomic mass is 16.5. The predicted molar refractivity (Wildman–Crippen MR) is 368 cm³/mol. The highest BCUT2D eigenvalue weighted by molar-refractivity contribution is 6.13. The Kier molecular flexibility index (Phi) is 18.6. The molecule has 2 saturated carbocycles. The van der Waals surface area contributed by atoms with E-state index in [9.17, 15) is 9.59 Å². The van der Waals surface area contributed by atoms with Gasteiger partial charge >= 0.3 is 12.1 Å². The second-order valence-corrected chi connectivity index (χ2v) is 27.4. The number of morpholine rings is 2. The van der Waals surface area contributed by atoms with Crippen LogP contribution in [0.5, 0.6) is 0 Å². The Labute approximate surface area is 556 Å². The van der Waals surface area contributed by atoms with Crippen LogP contribution in [0, 0.1) is 5.92 Å². The Hall–Kier alpha value is -8.58. The molecule has 6 aliphatic heterocycles. The number of nitrogens with zero attached hydrogens (tertiary/aromatic N) is 16. The van der Waals surface area contributed by atoms with Crippen LogP contribution < -0.4 is 40.3 Å². The maximum Gasteiger partial charge on any atom is 0.345 e. The fourth-order valence-electron chi connectivity index (χ4n) is 14.5. The van der Waals surface area contributed by atoms with Crippen molar-refractivity contribution in [3.8, 4) is 22.8 Å². The number of urea groups is 2. The number of hydrazine groups is 1. The van der Waals surface area contributed by atoms with Gasteiger partial charge in [-0.25, -0.2) is 9.59 Å². The molecule has 8 aliphatic rings. The molecule has 8 fully saturated rings. The first-order valence-corrected chi connectivity index (χ1v) is 34.6. The van der Waals surface area contributed by atoms with E-state index in [1.807, 2.05) is 34.1 Å². The van der Waals surface area contributed by atoms with Crippen LogP contribution >= 0.6 is 0 Å². The molecule has 0 bridgehead atoms. The van der Waals surface area contributed by atoms with Crippen molar-refractivity contribution in [2.24, 2.45) is 5.92 Å². The van der Waals surface area contributed by atoms with Crippen molar-refractivity contribution in [1.29, 1.82) is 0 Å². The summed E-state index contributed by atoms with van der Waals surface area (Å²) in [5.74, 6) is 3.97. The normalized spacial score (nSPS) is 23.6. The van der Waals surface area contributed by atoms with Gasteiger partial charge in [0, 0.05) is 136 Å². The van der Waals surface area contributed by atoms with E-state index < -0.39 is 12.1 Å². The Bertz CT molecular complexity index is 3690. The number of hydrogen-bond acceptors (Lipinski definition) is 18. The molecule has 6 amide bonds. The van der Waals surface area contributed by atoms with Gasteiger partial charge in [-0.15, -0.1) is 0 Å². The summed E-state index contributed by atoms with van der Waals surface area (Å²) in [6.07, 6.45) is 9.09. The van der Waals surface area contributed by atoms with Crippen LogP contribution in [0.2, 0.25) is 0 Å². The number of benzene rings is 4. The molecule has 0 spiro atoms. The molecule has 24 heteroatoms. The molecule has 0 radical (unpaired) electrons. The first kappa shape index (κ1) is 63.8. The number of nitrogens with one attached hydrogen (secondary N) is 2. The van der Waals surface area contributed by atoms with Crippen molar-refractivity contribution in [3.63, 3.8) is 0 Å². The monoisotopic (exact) mass is 1290 g/mol. The van der Waals surface area contributed by atoms with Gasteiger partial charge in [0.25, 0.3) is 11.8 Å². The third-order valence-electron chi connectivity index (χ3n) is 20.5. The van der Waals surface area contributed by atoms with E-state index in [1.165, 1.54) is 35.7 Å². The molecule has 2 aromatic heterocycles. The van der Waals surface area contributed by atoms with Crippen molar-refractivity contribution in [3.05, 3.63) is 108 Å². The van der Waals surface area contributed by atoms with E-state index in [0.29, 0.717) is 130 Å². The van der Waals surface area contributed by atoms with Gasteiger partial charge < -0.3 is 49.5 Å². The summed E-state index contributed by atoms with van der Waals surface area (Å²) in [4.78, 5) is 108. The molecule has 6 unspecified atom stereocenters. The number of carbonyl (C=O) groups excluding carboxylic acids is 4. The third-order valence-corrected chi connectivity index (χ3v) is 20.5. The first-order chi connectivity index (χ1) is 46.2. The van der Waals surface area contributed by atoms with Crippen molar-refractivity contribution in [2.75, 3.05) is 139 Å². The summed E-state index contributed by atoms with van der Waals surface area (Å²) in [5.41, 5.74) is 3.79. The van der Waals surface area contributed by atoms with Gasteiger partial charge in [-0.05, 0) is 196 Å². The number of aromatic nitrogens is 6. The summed E-state index contributed by atoms with van der Waals surface area (Å²) < 4.78 is 11.6. The molecule has 8 heterocycles. The highest BCUT2D eigenvalue weighted by Crippen LogP contribution is 2.36.